The highest BCUT2D eigenvalue weighted by molar-refractivity contribution is 5.78. The molecule has 0 aliphatic rings. The summed E-state index contributed by atoms with van der Waals surface area (Å²) in [5, 5.41) is 4.03. The minimum absolute atomic E-state index is 0.0476. The summed E-state index contributed by atoms with van der Waals surface area (Å²) in [5.74, 6) is 1.04. The van der Waals surface area contributed by atoms with E-state index in [4.69, 9.17) is 4.52 Å². The summed E-state index contributed by atoms with van der Waals surface area (Å²) in [5.41, 5.74) is 4.27. The first-order valence-electron chi connectivity index (χ1n) is 8.78. The van der Waals surface area contributed by atoms with E-state index in [2.05, 4.69) is 10.1 Å². The largest absolute Gasteiger partial charge is 0.337 e. The van der Waals surface area contributed by atoms with Gasteiger partial charge < -0.3 is 9.42 Å². The molecule has 0 spiro atoms. The van der Waals surface area contributed by atoms with Gasteiger partial charge in [0.2, 0.25) is 17.6 Å². The van der Waals surface area contributed by atoms with Gasteiger partial charge in [-0.3, -0.25) is 4.79 Å². The van der Waals surface area contributed by atoms with E-state index < -0.39 is 0 Å². The molecule has 1 heterocycles. The molecule has 0 fully saturated rings. The van der Waals surface area contributed by atoms with Gasteiger partial charge in [-0.05, 0) is 26.3 Å². The Hall–Kier alpha value is -2.95. The molecule has 0 saturated carbocycles. The Morgan fingerprint density at radius 1 is 1.00 bits per heavy atom. The maximum absolute atomic E-state index is 12.6. The van der Waals surface area contributed by atoms with Gasteiger partial charge in [0.25, 0.3) is 0 Å². The van der Waals surface area contributed by atoms with Crippen molar-refractivity contribution < 1.29 is 9.32 Å². The predicted octanol–water partition coefficient (Wildman–Crippen LogP) is 3.94. The Bertz CT molecular complexity index is 867. The molecule has 1 amide bonds. The average molecular weight is 349 g/mol. The standard InChI is InChI=1S/C21H23N3O2/c1-4-24(20(25)13-17-9-5-15(2)6-10-17)14-19-22-21(23-26-19)18-11-7-16(3)8-12-18/h5-12H,4,13-14H2,1-3H3. The molecule has 0 N–H and O–H groups in total. The number of nitrogens with zero attached hydrogens (tertiary/aromatic N) is 3. The number of hydrogen-bond donors (Lipinski definition) is 0. The van der Waals surface area contributed by atoms with Crippen molar-refractivity contribution in [1.29, 1.82) is 0 Å². The highest BCUT2D eigenvalue weighted by Gasteiger charge is 2.17. The van der Waals surface area contributed by atoms with Crippen molar-refractivity contribution >= 4 is 5.91 Å². The molecular weight excluding hydrogens is 326 g/mol. The third-order valence-electron chi connectivity index (χ3n) is 4.31. The van der Waals surface area contributed by atoms with E-state index in [1.165, 1.54) is 11.1 Å². The lowest BCUT2D eigenvalue weighted by Crippen LogP contribution is -2.31. The van der Waals surface area contributed by atoms with Gasteiger partial charge in [0.15, 0.2) is 0 Å². The number of likely N-dealkylation sites (N-methyl/N-ethyl adjacent to an activating group) is 1. The van der Waals surface area contributed by atoms with E-state index in [-0.39, 0.29) is 5.91 Å². The van der Waals surface area contributed by atoms with Crippen LogP contribution in [0.3, 0.4) is 0 Å². The van der Waals surface area contributed by atoms with Gasteiger partial charge in [0.05, 0.1) is 13.0 Å². The van der Waals surface area contributed by atoms with E-state index in [0.717, 1.165) is 11.1 Å². The van der Waals surface area contributed by atoms with Crippen molar-refractivity contribution in [1.82, 2.24) is 15.0 Å². The number of aryl methyl sites for hydroxylation is 2. The van der Waals surface area contributed by atoms with Crippen molar-refractivity contribution in [2.45, 2.75) is 33.7 Å². The molecule has 2 aromatic carbocycles. The summed E-state index contributed by atoms with van der Waals surface area (Å²) in [6.07, 6.45) is 0.368. The van der Waals surface area contributed by atoms with Crippen LogP contribution in [0.25, 0.3) is 11.4 Å². The quantitative estimate of drug-likeness (QED) is 0.676. The molecule has 0 unspecified atom stereocenters. The molecule has 5 nitrogen and oxygen atoms in total. The van der Waals surface area contributed by atoms with E-state index in [1.54, 1.807) is 4.90 Å². The van der Waals surface area contributed by atoms with E-state index in [9.17, 15) is 4.79 Å². The molecule has 0 aliphatic heterocycles. The molecule has 3 aromatic rings. The van der Waals surface area contributed by atoms with Crippen LogP contribution in [0.5, 0.6) is 0 Å². The van der Waals surface area contributed by atoms with Crippen LogP contribution in [0.15, 0.2) is 53.1 Å². The Morgan fingerprint density at radius 3 is 2.23 bits per heavy atom. The lowest BCUT2D eigenvalue weighted by atomic mass is 10.1. The zero-order chi connectivity index (χ0) is 18.5. The topological polar surface area (TPSA) is 59.2 Å². The van der Waals surface area contributed by atoms with Crippen molar-refractivity contribution in [2.75, 3.05) is 6.54 Å². The molecular formula is C21H23N3O2. The Kier molecular flexibility index (Phi) is 5.46. The first kappa shape index (κ1) is 17.9. The van der Waals surface area contributed by atoms with Gasteiger partial charge in [0.1, 0.15) is 0 Å². The van der Waals surface area contributed by atoms with E-state index in [0.29, 0.717) is 31.2 Å². The van der Waals surface area contributed by atoms with Crippen molar-refractivity contribution in [3.05, 3.63) is 71.1 Å². The molecule has 134 valence electrons. The Balaban J connectivity index is 1.67. The number of benzene rings is 2. The number of carbonyl (C=O) groups is 1. The van der Waals surface area contributed by atoms with Crippen LogP contribution in [0.4, 0.5) is 0 Å². The van der Waals surface area contributed by atoms with Crippen LogP contribution in [0, 0.1) is 13.8 Å². The molecule has 1 aromatic heterocycles. The fourth-order valence-electron chi connectivity index (χ4n) is 2.67. The van der Waals surface area contributed by atoms with Crippen molar-refractivity contribution in [2.24, 2.45) is 0 Å². The second kappa shape index (κ2) is 7.95. The van der Waals surface area contributed by atoms with Crippen LogP contribution >= 0.6 is 0 Å². The van der Waals surface area contributed by atoms with Crippen LogP contribution in [-0.2, 0) is 17.8 Å². The number of amides is 1. The number of hydrogen-bond acceptors (Lipinski definition) is 4. The summed E-state index contributed by atoms with van der Waals surface area (Å²) in [7, 11) is 0. The lowest BCUT2D eigenvalue weighted by molar-refractivity contribution is -0.131. The summed E-state index contributed by atoms with van der Waals surface area (Å²) >= 11 is 0. The minimum atomic E-state index is 0.0476. The minimum Gasteiger partial charge on any atom is -0.337 e. The monoisotopic (exact) mass is 349 g/mol. The fourth-order valence-corrected chi connectivity index (χ4v) is 2.67. The Labute approximate surface area is 153 Å². The molecule has 26 heavy (non-hydrogen) atoms. The van der Waals surface area contributed by atoms with Crippen LogP contribution in [0.2, 0.25) is 0 Å². The first-order chi connectivity index (χ1) is 12.5. The predicted molar refractivity (Wildman–Crippen MR) is 100 cm³/mol. The number of rotatable bonds is 6. The molecule has 0 atom stereocenters. The SMILES string of the molecule is CCN(Cc1nc(-c2ccc(C)cc2)no1)C(=O)Cc1ccc(C)cc1. The zero-order valence-electron chi connectivity index (χ0n) is 15.4. The van der Waals surface area contributed by atoms with Gasteiger partial charge in [-0.15, -0.1) is 0 Å². The summed E-state index contributed by atoms with van der Waals surface area (Å²) < 4.78 is 5.34. The van der Waals surface area contributed by atoms with E-state index in [1.807, 2.05) is 69.3 Å². The van der Waals surface area contributed by atoms with Gasteiger partial charge in [-0.25, -0.2) is 0 Å². The third-order valence-corrected chi connectivity index (χ3v) is 4.31. The van der Waals surface area contributed by atoms with Crippen LogP contribution in [0.1, 0.15) is 29.5 Å². The number of aromatic nitrogens is 2. The maximum Gasteiger partial charge on any atom is 0.246 e. The smallest absolute Gasteiger partial charge is 0.246 e. The number of carbonyl (C=O) groups excluding carboxylic acids is 1. The third kappa shape index (κ3) is 4.36. The fraction of sp³-hybridized carbons (Fsp3) is 0.286. The summed E-state index contributed by atoms with van der Waals surface area (Å²) in [6.45, 7) is 6.92. The van der Waals surface area contributed by atoms with Crippen LogP contribution in [-0.4, -0.2) is 27.5 Å². The molecule has 0 radical (unpaired) electrons. The summed E-state index contributed by atoms with van der Waals surface area (Å²) in [4.78, 5) is 18.7. The highest BCUT2D eigenvalue weighted by Crippen LogP contribution is 2.17. The highest BCUT2D eigenvalue weighted by atomic mass is 16.5. The van der Waals surface area contributed by atoms with Crippen LogP contribution < -0.4 is 0 Å². The van der Waals surface area contributed by atoms with Gasteiger partial charge in [0, 0.05) is 12.1 Å². The molecule has 0 aliphatic carbocycles. The Morgan fingerprint density at radius 2 is 1.62 bits per heavy atom. The van der Waals surface area contributed by atoms with Gasteiger partial charge >= 0.3 is 0 Å². The second-order valence-electron chi connectivity index (χ2n) is 6.45. The van der Waals surface area contributed by atoms with Gasteiger partial charge in [-0.1, -0.05) is 64.8 Å². The average Bonchev–Trinajstić information content (AvgIpc) is 3.11. The normalized spacial score (nSPS) is 10.7. The molecule has 0 saturated heterocycles. The molecule has 0 bridgehead atoms. The van der Waals surface area contributed by atoms with Crippen molar-refractivity contribution in [3.8, 4) is 11.4 Å². The second-order valence-corrected chi connectivity index (χ2v) is 6.45. The lowest BCUT2D eigenvalue weighted by Gasteiger charge is -2.18. The summed E-state index contributed by atoms with van der Waals surface area (Å²) in [6, 6.07) is 16.0. The van der Waals surface area contributed by atoms with Gasteiger partial charge in [-0.2, -0.15) is 4.98 Å². The molecule has 5 heteroatoms. The van der Waals surface area contributed by atoms with E-state index >= 15 is 0 Å². The zero-order valence-corrected chi connectivity index (χ0v) is 15.4. The van der Waals surface area contributed by atoms with Crippen molar-refractivity contribution in [3.63, 3.8) is 0 Å². The maximum atomic E-state index is 12.6. The first-order valence-corrected chi connectivity index (χ1v) is 8.78. The molecule has 3 rings (SSSR count).